The van der Waals surface area contributed by atoms with Gasteiger partial charge in [0.15, 0.2) is 5.69 Å². The summed E-state index contributed by atoms with van der Waals surface area (Å²) in [6, 6.07) is 0. The van der Waals surface area contributed by atoms with Crippen molar-refractivity contribution in [3.05, 3.63) is 11.9 Å². The van der Waals surface area contributed by atoms with Gasteiger partial charge in [0.1, 0.15) is 0 Å². The van der Waals surface area contributed by atoms with Crippen molar-refractivity contribution in [3.8, 4) is 0 Å². The van der Waals surface area contributed by atoms with E-state index in [2.05, 4.69) is 14.1 Å². The van der Waals surface area contributed by atoms with Gasteiger partial charge in [-0.05, 0) is 19.3 Å². The first-order chi connectivity index (χ1) is 6.70. The van der Waals surface area contributed by atoms with Gasteiger partial charge in [-0.3, -0.25) is 4.79 Å². The Kier molecular flexibility index (Phi) is 4.01. The summed E-state index contributed by atoms with van der Waals surface area (Å²) in [7, 11) is 0. The molecular formula is C8H13ClN4OS. The number of carbonyl (C=O) groups is 1. The lowest BCUT2D eigenvalue weighted by atomic mass is 9.78. The minimum Gasteiger partial charge on any atom is -0.349 e. The number of nitrogens with zero attached hydrogens (tertiary/aromatic N) is 2. The molecule has 1 aromatic rings. The van der Waals surface area contributed by atoms with Crippen molar-refractivity contribution < 1.29 is 4.79 Å². The summed E-state index contributed by atoms with van der Waals surface area (Å²) < 4.78 is 7.60. The van der Waals surface area contributed by atoms with Crippen LogP contribution < -0.4 is 11.1 Å². The van der Waals surface area contributed by atoms with Crippen molar-refractivity contribution in [3.63, 3.8) is 0 Å². The number of aromatic nitrogens is 2. The van der Waals surface area contributed by atoms with Crippen molar-refractivity contribution in [1.29, 1.82) is 0 Å². The van der Waals surface area contributed by atoms with Gasteiger partial charge in [0.2, 0.25) is 0 Å². The number of nitrogens with one attached hydrogen (secondary N) is 1. The number of hydrogen-bond acceptors (Lipinski definition) is 5. The van der Waals surface area contributed by atoms with Crippen LogP contribution in [0, 0.1) is 0 Å². The largest absolute Gasteiger partial charge is 0.349 e. The summed E-state index contributed by atoms with van der Waals surface area (Å²) in [6.45, 7) is 0.531. The van der Waals surface area contributed by atoms with E-state index in [0.717, 1.165) is 31.0 Å². The van der Waals surface area contributed by atoms with Crippen LogP contribution in [0.15, 0.2) is 6.20 Å². The third-order valence-corrected chi connectivity index (χ3v) is 3.02. The van der Waals surface area contributed by atoms with E-state index in [1.54, 1.807) is 0 Å². The minimum atomic E-state index is -0.185. The standard InChI is InChI=1S/C8H12N4OS.ClH/c9-8(2-1-3-8)5-10-7(13)6-4-11-14-12-6;/h4H,1-3,5,9H2,(H,10,13);1H. The second-order valence-electron chi connectivity index (χ2n) is 3.69. The Balaban J connectivity index is 0.00000112. The molecular weight excluding hydrogens is 236 g/mol. The molecule has 5 nitrogen and oxygen atoms in total. The number of amides is 1. The Morgan fingerprint density at radius 2 is 2.40 bits per heavy atom. The number of carbonyl (C=O) groups excluding carboxylic acids is 1. The molecule has 0 spiro atoms. The lowest BCUT2D eigenvalue weighted by Gasteiger charge is -2.37. The summed E-state index contributed by atoms with van der Waals surface area (Å²) in [4.78, 5) is 11.4. The maximum Gasteiger partial charge on any atom is 0.272 e. The van der Waals surface area contributed by atoms with E-state index in [9.17, 15) is 4.79 Å². The van der Waals surface area contributed by atoms with Crippen LogP contribution in [0.25, 0.3) is 0 Å². The van der Waals surface area contributed by atoms with Crippen molar-refractivity contribution in [2.24, 2.45) is 5.73 Å². The normalized spacial score (nSPS) is 17.4. The molecule has 0 unspecified atom stereocenters. The smallest absolute Gasteiger partial charge is 0.272 e. The average molecular weight is 249 g/mol. The highest BCUT2D eigenvalue weighted by molar-refractivity contribution is 6.99. The molecule has 3 N–H and O–H groups in total. The number of nitrogens with two attached hydrogens (primary N) is 1. The molecule has 1 aromatic heterocycles. The zero-order valence-corrected chi connectivity index (χ0v) is 9.74. The van der Waals surface area contributed by atoms with Crippen molar-refractivity contribution in [1.82, 2.24) is 14.1 Å². The molecule has 1 heterocycles. The Morgan fingerprint density at radius 3 is 2.87 bits per heavy atom. The van der Waals surface area contributed by atoms with Crippen LogP contribution in [0.2, 0.25) is 0 Å². The highest BCUT2D eigenvalue weighted by Crippen LogP contribution is 2.28. The van der Waals surface area contributed by atoms with E-state index >= 15 is 0 Å². The van der Waals surface area contributed by atoms with Crippen LogP contribution in [0.5, 0.6) is 0 Å². The molecule has 1 aliphatic carbocycles. The first kappa shape index (κ1) is 12.4. The van der Waals surface area contributed by atoms with Gasteiger partial charge in [0, 0.05) is 12.1 Å². The number of halogens is 1. The Hall–Kier alpha value is -0.720. The van der Waals surface area contributed by atoms with E-state index in [1.165, 1.54) is 6.20 Å². The molecule has 0 saturated heterocycles. The van der Waals surface area contributed by atoms with Gasteiger partial charge in [0.05, 0.1) is 17.9 Å². The van der Waals surface area contributed by atoms with Gasteiger partial charge < -0.3 is 11.1 Å². The van der Waals surface area contributed by atoms with E-state index in [0.29, 0.717) is 12.2 Å². The maximum absolute atomic E-state index is 11.4. The Labute approximate surface area is 98.2 Å². The summed E-state index contributed by atoms with van der Waals surface area (Å²) in [6.07, 6.45) is 4.60. The third kappa shape index (κ3) is 2.87. The maximum atomic E-state index is 11.4. The van der Waals surface area contributed by atoms with Gasteiger partial charge in [-0.2, -0.15) is 8.75 Å². The van der Waals surface area contributed by atoms with Gasteiger partial charge >= 0.3 is 0 Å². The first-order valence-corrected chi connectivity index (χ1v) is 5.27. The highest BCUT2D eigenvalue weighted by Gasteiger charge is 2.32. The van der Waals surface area contributed by atoms with Crippen LogP contribution in [-0.2, 0) is 0 Å². The molecule has 0 aliphatic heterocycles. The van der Waals surface area contributed by atoms with Crippen LogP contribution >= 0.6 is 24.1 Å². The summed E-state index contributed by atoms with van der Waals surface area (Å²) in [5.41, 5.74) is 6.15. The predicted octanol–water partition coefficient (Wildman–Crippen LogP) is 0.571. The second kappa shape index (κ2) is 4.87. The van der Waals surface area contributed by atoms with Crippen LogP contribution in [-0.4, -0.2) is 26.7 Å². The molecule has 0 atom stereocenters. The topological polar surface area (TPSA) is 80.9 Å². The molecule has 0 aromatic carbocycles. The third-order valence-electron chi connectivity index (χ3n) is 2.54. The number of rotatable bonds is 3. The lowest BCUT2D eigenvalue weighted by Crippen LogP contribution is -2.54. The highest BCUT2D eigenvalue weighted by atomic mass is 35.5. The van der Waals surface area contributed by atoms with Crippen LogP contribution in [0.3, 0.4) is 0 Å². The van der Waals surface area contributed by atoms with Gasteiger partial charge in [-0.25, -0.2) is 0 Å². The van der Waals surface area contributed by atoms with E-state index in [-0.39, 0.29) is 23.9 Å². The van der Waals surface area contributed by atoms with Gasteiger partial charge in [-0.1, -0.05) is 0 Å². The van der Waals surface area contributed by atoms with E-state index in [1.807, 2.05) is 0 Å². The molecule has 0 bridgehead atoms. The summed E-state index contributed by atoms with van der Waals surface area (Å²) in [5, 5.41) is 2.77. The first-order valence-electron chi connectivity index (χ1n) is 4.54. The van der Waals surface area contributed by atoms with Gasteiger partial charge in [0.25, 0.3) is 5.91 Å². The quantitative estimate of drug-likeness (QED) is 0.820. The fourth-order valence-electron chi connectivity index (χ4n) is 1.42. The molecule has 84 valence electrons. The van der Waals surface area contributed by atoms with E-state index in [4.69, 9.17) is 5.73 Å². The molecule has 1 fully saturated rings. The van der Waals surface area contributed by atoms with Gasteiger partial charge in [-0.15, -0.1) is 12.4 Å². The SMILES string of the molecule is Cl.NC1(CNC(=O)c2cnsn2)CCC1. The fourth-order valence-corrected chi connectivity index (χ4v) is 1.83. The lowest BCUT2D eigenvalue weighted by molar-refractivity contribution is 0.0925. The Bertz CT molecular complexity index is 325. The van der Waals surface area contributed by atoms with Crippen molar-refractivity contribution in [2.45, 2.75) is 24.8 Å². The summed E-state index contributed by atoms with van der Waals surface area (Å²) in [5.74, 6) is -0.185. The molecule has 1 amide bonds. The number of hydrogen-bond donors (Lipinski definition) is 2. The zero-order valence-electron chi connectivity index (χ0n) is 8.10. The predicted molar refractivity (Wildman–Crippen MR) is 60.3 cm³/mol. The Morgan fingerprint density at radius 1 is 1.67 bits per heavy atom. The zero-order chi connectivity index (χ0) is 10.0. The minimum absolute atomic E-state index is 0. The molecule has 1 aliphatic rings. The average Bonchev–Trinajstić information content (AvgIpc) is 2.63. The monoisotopic (exact) mass is 248 g/mol. The van der Waals surface area contributed by atoms with Crippen molar-refractivity contribution >= 4 is 30.0 Å². The summed E-state index contributed by atoms with van der Waals surface area (Å²) >= 11 is 1.03. The molecule has 2 rings (SSSR count). The van der Waals surface area contributed by atoms with Crippen LogP contribution in [0.1, 0.15) is 29.8 Å². The van der Waals surface area contributed by atoms with Crippen molar-refractivity contribution in [2.75, 3.05) is 6.54 Å². The van der Waals surface area contributed by atoms with E-state index < -0.39 is 0 Å². The molecule has 1 saturated carbocycles. The molecule has 15 heavy (non-hydrogen) atoms. The molecule has 0 radical (unpaired) electrons. The van der Waals surface area contributed by atoms with Crippen LogP contribution in [0.4, 0.5) is 0 Å². The molecule has 7 heteroatoms. The second-order valence-corrected chi connectivity index (χ2v) is 4.25. The fraction of sp³-hybridized carbons (Fsp3) is 0.625.